The highest BCUT2D eigenvalue weighted by molar-refractivity contribution is 5.94. The number of benzene rings is 4. The Balaban J connectivity index is 1.35. The number of fused-ring (bicyclic) bond motifs is 1. The SMILES string of the molecule is COc1ccc(C(=O)N(Cc2cccc(C)c2)C2CCN(c3ccccc3)C(c3ccc4c(c3)OCO4)C2)cc1. The smallest absolute Gasteiger partial charge is 0.254 e. The molecule has 0 bridgehead atoms. The lowest BCUT2D eigenvalue weighted by Crippen LogP contribution is -2.48. The van der Waals surface area contributed by atoms with Crippen LogP contribution in [0, 0.1) is 6.92 Å². The first-order valence-electron chi connectivity index (χ1n) is 13.8. The highest BCUT2D eigenvalue weighted by atomic mass is 16.7. The van der Waals surface area contributed by atoms with Gasteiger partial charge < -0.3 is 24.0 Å². The van der Waals surface area contributed by atoms with Crippen LogP contribution in [0.25, 0.3) is 0 Å². The summed E-state index contributed by atoms with van der Waals surface area (Å²) in [6, 6.07) is 32.7. The maximum atomic E-state index is 14.1. The number of methoxy groups -OCH3 is 1. The number of hydrogen-bond acceptors (Lipinski definition) is 5. The van der Waals surface area contributed by atoms with E-state index in [1.807, 2.05) is 36.4 Å². The first-order valence-corrected chi connectivity index (χ1v) is 13.8. The Kier molecular flexibility index (Phi) is 7.32. The second-order valence-corrected chi connectivity index (χ2v) is 10.5. The summed E-state index contributed by atoms with van der Waals surface area (Å²) in [6.07, 6.45) is 1.66. The van der Waals surface area contributed by atoms with Crippen molar-refractivity contribution in [3.63, 3.8) is 0 Å². The van der Waals surface area contributed by atoms with E-state index in [1.54, 1.807) is 7.11 Å². The summed E-state index contributed by atoms with van der Waals surface area (Å²) in [5.74, 6) is 2.32. The Labute approximate surface area is 235 Å². The number of nitrogens with zero attached hydrogens (tertiary/aromatic N) is 2. The average molecular weight is 535 g/mol. The quantitative estimate of drug-likeness (QED) is 0.261. The monoisotopic (exact) mass is 534 g/mol. The fourth-order valence-corrected chi connectivity index (χ4v) is 5.87. The van der Waals surface area contributed by atoms with E-state index in [-0.39, 0.29) is 24.8 Å². The molecule has 6 heteroatoms. The largest absolute Gasteiger partial charge is 0.497 e. The minimum atomic E-state index is 0.0340. The Morgan fingerprint density at radius 2 is 1.73 bits per heavy atom. The number of amides is 1. The van der Waals surface area contributed by atoms with Gasteiger partial charge in [0.25, 0.3) is 5.91 Å². The van der Waals surface area contributed by atoms with E-state index in [2.05, 4.69) is 77.4 Å². The molecule has 2 heterocycles. The molecule has 1 fully saturated rings. The molecule has 2 atom stereocenters. The zero-order valence-corrected chi connectivity index (χ0v) is 23.0. The third-order valence-corrected chi connectivity index (χ3v) is 7.92. The molecule has 6 nitrogen and oxygen atoms in total. The van der Waals surface area contributed by atoms with Gasteiger partial charge in [0.05, 0.1) is 13.2 Å². The second-order valence-electron chi connectivity index (χ2n) is 10.5. The van der Waals surface area contributed by atoms with E-state index in [0.717, 1.165) is 47.8 Å². The molecule has 0 spiro atoms. The molecule has 0 aliphatic carbocycles. The van der Waals surface area contributed by atoms with Crippen molar-refractivity contribution < 1.29 is 19.0 Å². The maximum Gasteiger partial charge on any atom is 0.254 e. The molecule has 1 saturated heterocycles. The summed E-state index contributed by atoms with van der Waals surface area (Å²) in [7, 11) is 1.64. The first-order chi connectivity index (χ1) is 19.6. The summed E-state index contributed by atoms with van der Waals surface area (Å²) in [5, 5.41) is 0. The van der Waals surface area contributed by atoms with Crippen molar-refractivity contribution >= 4 is 11.6 Å². The van der Waals surface area contributed by atoms with Crippen LogP contribution in [0.3, 0.4) is 0 Å². The molecule has 40 heavy (non-hydrogen) atoms. The number of rotatable bonds is 7. The zero-order valence-electron chi connectivity index (χ0n) is 23.0. The van der Waals surface area contributed by atoms with Crippen molar-refractivity contribution in [1.29, 1.82) is 0 Å². The number of para-hydroxylation sites is 1. The number of hydrogen-bond donors (Lipinski definition) is 0. The summed E-state index contributed by atoms with van der Waals surface area (Å²) in [6.45, 7) is 3.71. The molecule has 2 aliphatic rings. The molecule has 204 valence electrons. The van der Waals surface area contributed by atoms with Crippen molar-refractivity contribution in [3.8, 4) is 17.2 Å². The number of carbonyl (C=O) groups excluding carboxylic acids is 1. The zero-order chi connectivity index (χ0) is 27.5. The lowest BCUT2D eigenvalue weighted by Gasteiger charge is -2.45. The van der Waals surface area contributed by atoms with Crippen molar-refractivity contribution in [3.05, 3.63) is 119 Å². The molecular weight excluding hydrogens is 500 g/mol. The Bertz CT molecular complexity index is 1470. The molecule has 4 aromatic carbocycles. The molecule has 0 saturated carbocycles. The fraction of sp³-hybridized carbons (Fsp3) is 0.265. The van der Waals surface area contributed by atoms with Crippen LogP contribution in [0.1, 0.15) is 45.9 Å². The third-order valence-electron chi connectivity index (χ3n) is 7.92. The predicted octanol–water partition coefficient (Wildman–Crippen LogP) is 6.79. The minimum absolute atomic E-state index is 0.0340. The van der Waals surface area contributed by atoms with Gasteiger partial charge in [-0.1, -0.05) is 54.1 Å². The normalized spacial score (nSPS) is 17.9. The number of aryl methyl sites for hydroxylation is 1. The molecular formula is C34H34N2O4. The van der Waals surface area contributed by atoms with Gasteiger partial charge in [0.15, 0.2) is 11.5 Å². The molecule has 4 aromatic rings. The Morgan fingerprint density at radius 1 is 0.925 bits per heavy atom. The van der Waals surface area contributed by atoms with Gasteiger partial charge in [-0.3, -0.25) is 4.79 Å². The fourth-order valence-electron chi connectivity index (χ4n) is 5.87. The third kappa shape index (κ3) is 5.34. The van der Waals surface area contributed by atoms with Gasteiger partial charge in [-0.2, -0.15) is 0 Å². The molecule has 0 N–H and O–H groups in total. The molecule has 2 aliphatic heterocycles. The van der Waals surface area contributed by atoms with Crippen molar-refractivity contribution in [1.82, 2.24) is 4.90 Å². The van der Waals surface area contributed by atoms with E-state index in [9.17, 15) is 4.79 Å². The van der Waals surface area contributed by atoms with E-state index < -0.39 is 0 Å². The number of anilines is 1. The number of carbonyl (C=O) groups is 1. The topological polar surface area (TPSA) is 51.2 Å². The highest BCUT2D eigenvalue weighted by Crippen LogP contribution is 2.41. The molecule has 0 radical (unpaired) electrons. The molecule has 6 rings (SSSR count). The minimum Gasteiger partial charge on any atom is -0.497 e. The number of ether oxygens (including phenoxy) is 3. The summed E-state index contributed by atoms with van der Waals surface area (Å²) in [4.78, 5) is 18.6. The van der Waals surface area contributed by atoms with Crippen LogP contribution in [0.4, 0.5) is 5.69 Å². The average Bonchev–Trinajstić information content (AvgIpc) is 3.48. The van der Waals surface area contributed by atoms with Gasteiger partial charge in [0.1, 0.15) is 5.75 Å². The van der Waals surface area contributed by atoms with Crippen LogP contribution in [0.5, 0.6) is 17.2 Å². The Hall–Kier alpha value is -4.45. The molecule has 0 aromatic heterocycles. The highest BCUT2D eigenvalue weighted by Gasteiger charge is 2.36. The van der Waals surface area contributed by atoms with E-state index >= 15 is 0 Å². The lowest BCUT2D eigenvalue weighted by molar-refractivity contribution is 0.0612. The van der Waals surface area contributed by atoms with Crippen molar-refractivity contribution in [2.24, 2.45) is 0 Å². The van der Waals surface area contributed by atoms with Crippen LogP contribution in [-0.2, 0) is 6.54 Å². The van der Waals surface area contributed by atoms with Gasteiger partial charge in [-0.25, -0.2) is 0 Å². The summed E-state index contributed by atoms with van der Waals surface area (Å²) >= 11 is 0. The maximum absolute atomic E-state index is 14.1. The van der Waals surface area contributed by atoms with Gasteiger partial charge in [0, 0.05) is 30.4 Å². The van der Waals surface area contributed by atoms with Gasteiger partial charge >= 0.3 is 0 Å². The van der Waals surface area contributed by atoms with Gasteiger partial charge in [-0.05, 0) is 79.4 Å². The lowest BCUT2D eigenvalue weighted by atomic mass is 9.89. The standard InChI is InChI=1S/C34H34N2O4/c1-24-7-6-8-25(19-24)22-36(34(37)26-11-14-30(38-2)15-12-26)29-17-18-35(28-9-4-3-5-10-28)31(21-29)27-13-16-32-33(20-27)40-23-39-32/h3-16,19-20,29,31H,17-18,21-23H2,1-2H3. The molecule has 2 unspecified atom stereocenters. The van der Waals surface area contributed by atoms with Crippen LogP contribution < -0.4 is 19.1 Å². The van der Waals surface area contributed by atoms with Crippen LogP contribution in [0.2, 0.25) is 0 Å². The van der Waals surface area contributed by atoms with E-state index in [1.165, 1.54) is 11.3 Å². The van der Waals surface area contributed by atoms with Crippen LogP contribution in [-0.4, -0.2) is 37.3 Å². The Morgan fingerprint density at radius 3 is 2.50 bits per heavy atom. The van der Waals surface area contributed by atoms with E-state index in [4.69, 9.17) is 14.2 Å². The summed E-state index contributed by atoms with van der Waals surface area (Å²) < 4.78 is 16.7. The van der Waals surface area contributed by atoms with E-state index in [0.29, 0.717) is 12.1 Å². The first kappa shape index (κ1) is 25.8. The van der Waals surface area contributed by atoms with Crippen molar-refractivity contribution in [2.45, 2.75) is 38.4 Å². The van der Waals surface area contributed by atoms with Crippen molar-refractivity contribution in [2.75, 3.05) is 25.3 Å². The van der Waals surface area contributed by atoms with Crippen LogP contribution in [0.15, 0.2) is 97.1 Å². The molecule has 1 amide bonds. The summed E-state index contributed by atoms with van der Waals surface area (Å²) in [5.41, 5.74) is 5.32. The second kappa shape index (κ2) is 11.3. The predicted molar refractivity (Wildman–Crippen MR) is 156 cm³/mol. The van der Waals surface area contributed by atoms with Gasteiger partial charge in [-0.15, -0.1) is 0 Å². The van der Waals surface area contributed by atoms with Gasteiger partial charge in [0.2, 0.25) is 6.79 Å². The van der Waals surface area contributed by atoms with Crippen LogP contribution >= 0.6 is 0 Å². The number of piperidine rings is 1.